The van der Waals surface area contributed by atoms with Crippen molar-refractivity contribution in [2.24, 2.45) is 0 Å². The van der Waals surface area contributed by atoms with E-state index in [2.05, 4.69) is 4.74 Å². The van der Waals surface area contributed by atoms with Crippen LogP contribution in [0, 0.1) is 0 Å². The van der Waals surface area contributed by atoms with E-state index in [4.69, 9.17) is 0 Å². The van der Waals surface area contributed by atoms with Crippen molar-refractivity contribution >= 4 is 5.97 Å². The first-order chi connectivity index (χ1) is 17.2. The van der Waals surface area contributed by atoms with Gasteiger partial charge in [-0.2, -0.15) is 74.6 Å². The molecule has 0 aliphatic heterocycles. The molecule has 0 saturated carbocycles. The molecule has 0 aliphatic rings. The molecule has 0 aromatic rings. The second-order valence-corrected chi connectivity index (χ2v) is 8.49. The van der Waals surface area contributed by atoms with Crippen molar-refractivity contribution in [1.29, 1.82) is 0 Å². The van der Waals surface area contributed by atoms with Crippen LogP contribution in [0.2, 0.25) is 0 Å². The SMILES string of the molecule is CCCCCCCCCC(=O)OCCC(F)(F)C(F)(F)C(F)(F)C(F)(F)C(F)(F)C(F)(F)C(F)(F)C(F)(F)F. The lowest BCUT2D eigenvalue weighted by Gasteiger charge is -2.42. The molecule has 2 nitrogen and oxygen atoms in total. The standard InChI is InChI=1S/C20H23F17O2/c1-2-3-4-5-6-7-8-9-12(38)39-11-10-13(21,22)14(23,24)15(25,26)16(27,28)17(29,30)18(31,32)19(33,34)20(35,36)37/h2-11H2,1H3. The van der Waals surface area contributed by atoms with Gasteiger partial charge in [-0.3, -0.25) is 4.79 Å². The lowest BCUT2D eigenvalue weighted by atomic mass is 9.88. The smallest absolute Gasteiger partial charge is 0.460 e. The number of carbonyl (C=O) groups excluding carboxylic acids is 1. The molecule has 0 N–H and O–H groups in total. The third kappa shape index (κ3) is 7.14. The molecule has 0 saturated heterocycles. The van der Waals surface area contributed by atoms with E-state index in [-0.39, 0.29) is 6.42 Å². The Kier molecular flexibility index (Phi) is 11.9. The van der Waals surface area contributed by atoms with Gasteiger partial charge in [-0.15, -0.1) is 0 Å². The van der Waals surface area contributed by atoms with Gasteiger partial charge in [-0.05, 0) is 6.42 Å². The summed E-state index contributed by atoms with van der Waals surface area (Å²) in [5.41, 5.74) is 0. The van der Waals surface area contributed by atoms with Crippen molar-refractivity contribution in [3.05, 3.63) is 0 Å². The predicted octanol–water partition coefficient (Wildman–Crippen LogP) is 9.07. The number of ether oxygens (including phenoxy) is 1. The summed E-state index contributed by atoms with van der Waals surface area (Å²) < 4.78 is 228. The number of hydrogen-bond donors (Lipinski definition) is 0. The highest BCUT2D eigenvalue weighted by Crippen LogP contribution is 2.64. The molecule has 0 heterocycles. The van der Waals surface area contributed by atoms with Crippen LogP contribution in [0.5, 0.6) is 0 Å². The van der Waals surface area contributed by atoms with Gasteiger partial charge in [0.25, 0.3) is 0 Å². The molecule has 0 atom stereocenters. The second-order valence-electron chi connectivity index (χ2n) is 8.49. The van der Waals surface area contributed by atoms with E-state index in [0.29, 0.717) is 12.8 Å². The van der Waals surface area contributed by atoms with E-state index in [1.54, 1.807) is 0 Å². The normalized spacial score (nSPS) is 15.0. The Morgan fingerprint density at radius 1 is 0.513 bits per heavy atom. The van der Waals surface area contributed by atoms with Gasteiger partial charge < -0.3 is 4.74 Å². The van der Waals surface area contributed by atoms with Crippen LogP contribution in [0.25, 0.3) is 0 Å². The van der Waals surface area contributed by atoms with Crippen molar-refractivity contribution in [2.45, 2.75) is 112 Å². The van der Waals surface area contributed by atoms with E-state index < -0.39 is 73.1 Å². The van der Waals surface area contributed by atoms with Crippen LogP contribution in [0.4, 0.5) is 74.6 Å². The van der Waals surface area contributed by atoms with Gasteiger partial charge in [0.1, 0.15) is 0 Å². The van der Waals surface area contributed by atoms with Gasteiger partial charge in [-0.1, -0.05) is 45.4 Å². The van der Waals surface area contributed by atoms with Crippen LogP contribution in [-0.4, -0.2) is 60.2 Å². The fourth-order valence-corrected chi connectivity index (χ4v) is 2.95. The zero-order chi connectivity index (χ0) is 31.4. The zero-order valence-electron chi connectivity index (χ0n) is 19.8. The average Bonchev–Trinajstić information content (AvgIpc) is 2.76. The molecule has 0 radical (unpaired) electrons. The maximum Gasteiger partial charge on any atom is 0.460 e. The average molecular weight is 618 g/mol. The van der Waals surface area contributed by atoms with Crippen LogP contribution in [0.1, 0.15) is 64.7 Å². The fraction of sp³-hybridized carbons (Fsp3) is 0.950. The highest BCUT2D eigenvalue weighted by atomic mass is 19.4. The van der Waals surface area contributed by atoms with Crippen molar-refractivity contribution < 1.29 is 84.2 Å². The minimum atomic E-state index is -8.66. The van der Waals surface area contributed by atoms with Gasteiger partial charge in [0.15, 0.2) is 0 Å². The first kappa shape index (κ1) is 37.3. The first-order valence-corrected chi connectivity index (χ1v) is 11.1. The second kappa shape index (κ2) is 12.4. The van der Waals surface area contributed by atoms with Crippen LogP contribution in [-0.2, 0) is 9.53 Å². The molecule has 0 bridgehead atoms. The summed E-state index contributed by atoms with van der Waals surface area (Å²) in [6, 6.07) is 0. The number of carbonyl (C=O) groups is 1. The number of esters is 1. The third-order valence-corrected chi connectivity index (χ3v) is 5.45. The molecular weight excluding hydrogens is 595 g/mol. The Hall–Kier alpha value is -1.72. The maximum atomic E-state index is 13.7. The third-order valence-electron chi connectivity index (χ3n) is 5.45. The van der Waals surface area contributed by atoms with E-state index >= 15 is 0 Å². The van der Waals surface area contributed by atoms with Crippen LogP contribution in [0.15, 0.2) is 0 Å². The molecule has 0 aliphatic carbocycles. The molecule has 0 aromatic heterocycles. The monoisotopic (exact) mass is 618 g/mol. The molecule has 0 rings (SSSR count). The van der Waals surface area contributed by atoms with Gasteiger partial charge in [-0.25, -0.2) is 0 Å². The van der Waals surface area contributed by atoms with Crippen molar-refractivity contribution in [3.8, 4) is 0 Å². The summed E-state index contributed by atoms with van der Waals surface area (Å²) in [5.74, 6) is -58.0. The first-order valence-electron chi connectivity index (χ1n) is 11.1. The summed E-state index contributed by atoms with van der Waals surface area (Å²) in [5, 5.41) is 0. The molecular formula is C20H23F17O2. The Labute approximate surface area is 210 Å². The number of unbranched alkanes of at least 4 members (excludes halogenated alkanes) is 6. The maximum absolute atomic E-state index is 13.7. The summed E-state index contributed by atoms with van der Waals surface area (Å²) in [6.45, 7) is 0.0357. The molecule has 0 amide bonds. The molecule has 39 heavy (non-hydrogen) atoms. The van der Waals surface area contributed by atoms with Crippen molar-refractivity contribution in [3.63, 3.8) is 0 Å². The molecule has 234 valence electrons. The Morgan fingerprint density at radius 2 is 0.872 bits per heavy atom. The van der Waals surface area contributed by atoms with Crippen molar-refractivity contribution in [2.75, 3.05) is 6.61 Å². The minimum absolute atomic E-state index is 0.105. The quantitative estimate of drug-likeness (QED) is 0.0924. The Morgan fingerprint density at radius 3 is 1.28 bits per heavy atom. The summed E-state index contributed by atoms with van der Waals surface area (Å²) in [7, 11) is 0. The van der Waals surface area contributed by atoms with E-state index in [9.17, 15) is 79.4 Å². The largest absolute Gasteiger partial charge is 0.465 e. The van der Waals surface area contributed by atoms with Crippen LogP contribution < -0.4 is 0 Å². The van der Waals surface area contributed by atoms with Gasteiger partial charge in [0, 0.05) is 6.42 Å². The zero-order valence-corrected chi connectivity index (χ0v) is 19.8. The van der Waals surface area contributed by atoms with E-state index in [1.165, 1.54) is 0 Å². The minimum Gasteiger partial charge on any atom is -0.465 e. The Bertz CT molecular complexity index is 790. The van der Waals surface area contributed by atoms with Gasteiger partial charge >= 0.3 is 53.6 Å². The highest BCUT2D eigenvalue weighted by molar-refractivity contribution is 5.69. The number of halogens is 17. The van der Waals surface area contributed by atoms with E-state index in [0.717, 1.165) is 25.7 Å². The fourth-order valence-electron chi connectivity index (χ4n) is 2.95. The summed E-state index contributed by atoms with van der Waals surface area (Å²) in [4.78, 5) is 11.4. The summed E-state index contributed by atoms with van der Waals surface area (Å²) >= 11 is 0. The highest BCUT2D eigenvalue weighted by Gasteiger charge is 2.95. The molecule has 0 fully saturated rings. The molecule has 19 heteroatoms. The molecule has 0 aromatic carbocycles. The number of rotatable bonds is 17. The lowest BCUT2D eigenvalue weighted by Crippen LogP contribution is -2.74. The number of hydrogen-bond acceptors (Lipinski definition) is 2. The lowest BCUT2D eigenvalue weighted by molar-refractivity contribution is -0.461. The molecule has 0 unspecified atom stereocenters. The topological polar surface area (TPSA) is 26.3 Å². The van der Waals surface area contributed by atoms with Crippen LogP contribution in [0.3, 0.4) is 0 Å². The summed E-state index contributed by atoms with van der Waals surface area (Å²) in [6.07, 6.45) is -6.36. The van der Waals surface area contributed by atoms with Crippen molar-refractivity contribution in [1.82, 2.24) is 0 Å². The van der Waals surface area contributed by atoms with Crippen LogP contribution >= 0.6 is 0 Å². The number of alkyl halides is 17. The predicted molar refractivity (Wildman–Crippen MR) is 98.9 cm³/mol. The van der Waals surface area contributed by atoms with E-state index in [1.807, 2.05) is 6.92 Å². The Balaban J connectivity index is 5.59. The molecule has 0 spiro atoms. The van der Waals surface area contributed by atoms with Gasteiger partial charge in [0.05, 0.1) is 13.0 Å². The van der Waals surface area contributed by atoms with Gasteiger partial charge in [0.2, 0.25) is 0 Å².